The van der Waals surface area contributed by atoms with E-state index >= 15 is 0 Å². The Labute approximate surface area is 99.8 Å². The Morgan fingerprint density at radius 1 is 1.38 bits per heavy atom. The second-order valence-electron chi connectivity index (χ2n) is 3.74. The molecule has 1 aliphatic rings. The van der Waals surface area contributed by atoms with Crippen molar-refractivity contribution in [1.82, 2.24) is 4.90 Å². The third kappa shape index (κ3) is 2.70. The molecule has 0 bridgehead atoms. The third-order valence-electron chi connectivity index (χ3n) is 2.59. The second-order valence-corrected chi connectivity index (χ2v) is 4.78. The number of hydrogen-bond acceptors (Lipinski definition) is 3. The molecule has 1 heterocycles. The Morgan fingerprint density at radius 3 is 2.75 bits per heavy atom. The molecule has 0 saturated carbocycles. The zero-order valence-corrected chi connectivity index (χ0v) is 10.1. The van der Waals surface area contributed by atoms with Gasteiger partial charge in [0.05, 0.1) is 7.11 Å². The van der Waals surface area contributed by atoms with Crippen molar-refractivity contribution in [3.05, 3.63) is 29.8 Å². The molecular weight excluding hydrogens is 222 g/mol. The molecule has 0 spiro atoms. The normalized spacial score (nSPS) is 16.3. The van der Waals surface area contributed by atoms with E-state index in [4.69, 9.17) is 4.74 Å². The number of hydrogen-bond donors (Lipinski definition) is 0. The van der Waals surface area contributed by atoms with Crippen molar-refractivity contribution < 1.29 is 9.53 Å². The number of rotatable bonds is 3. The Kier molecular flexibility index (Phi) is 3.72. The molecule has 0 aromatic heterocycles. The highest BCUT2D eigenvalue weighted by Gasteiger charge is 2.18. The summed E-state index contributed by atoms with van der Waals surface area (Å²) in [5.74, 6) is 1.81. The van der Waals surface area contributed by atoms with Gasteiger partial charge in [-0.3, -0.25) is 4.79 Å². The molecule has 4 heteroatoms. The minimum Gasteiger partial charge on any atom is -0.497 e. The van der Waals surface area contributed by atoms with Gasteiger partial charge in [-0.2, -0.15) is 0 Å². The van der Waals surface area contributed by atoms with E-state index in [1.165, 1.54) is 11.8 Å². The van der Waals surface area contributed by atoms with E-state index in [1.807, 2.05) is 29.2 Å². The fourth-order valence-corrected chi connectivity index (χ4v) is 2.48. The van der Waals surface area contributed by atoms with Crippen LogP contribution in [0.2, 0.25) is 0 Å². The predicted octanol–water partition coefficient (Wildman–Crippen LogP) is 2.75. The van der Waals surface area contributed by atoms with Gasteiger partial charge in [0.1, 0.15) is 5.75 Å². The molecule has 0 unspecified atom stereocenters. The van der Waals surface area contributed by atoms with E-state index in [-0.39, 0.29) is 5.24 Å². The molecule has 1 aromatic carbocycles. The Hall–Kier alpha value is -1.16. The molecule has 1 fully saturated rings. The number of carbonyl (C=O) groups excluding carboxylic acids is 1. The van der Waals surface area contributed by atoms with Crippen LogP contribution in [-0.4, -0.2) is 29.5 Å². The van der Waals surface area contributed by atoms with Crippen molar-refractivity contribution in [2.75, 3.05) is 19.4 Å². The lowest BCUT2D eigenvalue weighted by Crippen LogP contribution is -2.32. The van der Waals surface area contributed by atoms with Gasteiger partial charge in [-0.15, -0.1) is 0 Å². The van der Waals surface area contributed by atoms with Crippen molar-refractivity contribution in [3.8, 4) is 5.75 Å². The van der Waals surface area contributed by atoms with E-state index in [0.29, 0.717) is 6.54 Å². The van der Waals surface area contributed by atoms with Gasteiger partial charge in [-0.25, -0.2) is 0 Å². The Morgan fingerprint density at radius 2 is 2.12 bits per heavy atom. The highest BCUT2D eigenvalue weighted by molar-refractivity contribution is 8.13. The molecule has 2 rings (SSSR count). The molecule has 1 aromatic rings. The minimum atomic E-state index is 0.196. The molecule has 0 aliphatic carbocycles. The lowest BCUT2D eigenvalue weighted by Gasteiger charge is -2.25. The first kappa shape index (κ1) is 11.3. The van der Waals surface area contributed by atoms with Crippen molar-refractivity contribution in [3.63, 3.8) is 0 Å². The van der Waals surface area contributed by atoms with Gasteiger partial charge >= 0.3 is 0 Å². The van der Waals surface area contributed by atoms with Gasteiger partial charge in [0, 0.05) is 18.8 Å². The summed E-state index contributed by atoms with van der Waals surface area (Å²) in [5, 5.41) is 0.196. The van der Waals surface area contributed by atoms with E-state index in [2.05, 4.69) is 0 Å². The number of thioether (sulfide) groups is 1. The fraction of sp³-hybridized carbons (Fsp3) is 0.417. The summed E-state index contributed by atoms with van der Waals surface area (Å²) in [7, 11) is 1.65. The zero-order valence-electron chi connectivity index (χ0n) is 9.31. The van der Waals surface area contributed by atoms with Crippen LogP contribution in [0.3, 0.4) is 0 Å². The van der Waals surface area contributed by atoms with E-state index < -0.39 is 0 Å². The van der Waals surface area contributed by atoms with Crippen molar-refractivity contribution in [2.45, 2.75) is 13.0 Å². The van der Waals surface area contributed by atoms with Crippen LogP contribution >= 0.6 is 11.8 Å². The summed E-state index contributed by atoms with van der Waals surface area (Å²) in [4.78, 5) is 13.5. The quantitative estimate of drug-likeness (QED) is 0.809. The van der Waals surface area contributed by atoms with Gasteiger partial charge in [0.25, 0.3) is 5.24 Å². The van der Waals surface area contributed by atoms with Gasteiger partial charge < -0.3 is 9.64 Å². The van der Waals surface area contributed by atoms with Crippen LogP contribution in [-0.2, 0) is 6.54 Å². The molecule has 0 N–H and O–H groups in total. The van der Waals surface area contributed by atoms with Crippen molar-refractivity contribution >= 4 is 17.0 Å². The SMILES string of the molecule is COc1ccc(CN2CCCSC2=O)cc1. The summed E-state index contributed by atoms with van der Waals surface area (Å²) in [5.41, 5.74) is 1.15. The molecule has 3 nitrogen and oxygen atoms in total. The molecule has 0 radical (unpaired) electrons. The van der Waals surface area contributed by atoms with Crippen LogP contribution in [0, 0.1) is 0 Å². The second kappa shape index (κ2) is 5.25. The first-order valence-electron chi connectivity index (χ1n) is 5.34. The largest absolute Gasteiger partial charge is 0.497 e. The van der Waals surface area contributed by atoms with Crippen LogP contribution in [0.5, 0.6) is 5.75 Å². The summed E-state index contributed by atoms with van der Waals surface area (Å²) in [6.45, 7) is 1.58. The van der Waals surface area contributed by atoms with Gasteiger partial charge in [-0.1, -0.05) is 23.9 Å². The highest BCUT2D eigenvalue weighted by atomic mass is 32.2. The topological polar surface area (TPSA) is 29.5 Å². The van der Waals surface area contributed by atoms with Crippen LogP contribution in [0.15, 0.2) is 24.3 Å². The summed E-state index contributed by atoms with van der Waals surface area (Å²) in [6, 6.07) is 7.87. The molecule has 1 amide bonds. The monoisotopic (exact) mass is 237 g/mol. The summed E-state index contributed by atoms with van der Waals surface area (Å²) < 4.78 is 5.10. The molecule has 1 saturated heterocycles. The first-order valence-corrected chi connectivity index (χ1v) is 6.33. The molecule has 86 valence electrons. The number of methoxy groups -OCH3 is 1. The van der Waals surface area contributed by atoms with E-state index in [9.17, 15) is 4.79 Å². The Bertz CT molecular complexity index is 364. The van der Waals surface area contributed by atoms with Gasteiger partial charge in [-0.05, 0) is 24.1 Å². The number of carbonyl (C=O) groups is 1. The number of nitrogens with zero attached hydrogens (tertiary/aromatic N) is 1. The average Bonchev–Trinajstić information content (AvgIpc) is 2.33. The van der Waals surface area contributed by atoms with E-state index in [0.717, 1.165) is 30.0 Å². The lowest BCUT2D eigenvalue weighted by atomic mass is 10.2. The highest BCUT2D eigenvalue weighted by Crippen LogP contribution is 2.20. The van der Waals surface area contributed by atoms with Crippen LogP contribution in [0.1, 0.15) is 12.0 Å². The lowest BCUT2D eigenvalue weighted by molar-refractivity contribution is 0.218. The third-order valence-corrected chi connectivity index (χ3v) is 3.59. The number of benzene rings is 1. The predicted molar refractivity (Wildman–Crippen MR) is 65.9 cm³/mol. The molecule has 0 atom stereocenters. The summed E-state index contributed by atoms with van der Waals surface area (Å²) >= 11 is 1.42. The number of amides is 1. The number of ether oxygens (including phenoxy) is 1. The average molecular weight is 237 g/mol. The minimum absolute atomic E-state index is 0.196. The van der Waals surface area contributed by atoms with Crippen LogP contribution < -0.4 is 4.74 Å². The molecular formula is C12H15NO2S. The smallest absolute Gasteiger partial charge is 0.281 e. The van der Waals surface area contributed by atoms with Gasteiger partial charge in [0.15, 0.2) is 0 Å². The maximum absolute atomic E-state index is 11.6. The first-order chi connectivity index (χ1) is 7.79. The molecule has 16 heavy (non-hydrogen) atoms. The maximum Gasteiger partial charge on any atom is 0.281 e. The van der Waals surface area contributed by atoms with Gasteiger partial charge in [0.2, 0.25) is 0 Å². The zero-order chi connectivity index (χ0) is 11.4. The van der Waals surface area contributed by atoms with Crippen molar-refractivity contribution in [1.29, 1.82) is 0 Å². The summed E-state index contributed by atoms with van der Waals surface area (Å²) in [6.07, 6.45) is 1.09. The fourth-order valence-electron chi connectivity index (χ4n) is 1.69. The molecule has 1 aliphatic heterocycles. The maximum atomic E-state index is 11.6. The van der Waals surface area contributed by atoms with Crippen LogP contribution in [0.4, 0.5) is 4.79 Å². The Balaban J connectivity index is 1.99. The standard InChI is InChI=1S/C12H15NO2S/c1-15-11-5-3-10(4-6-11)9-13-7-2-8-16-12(13)14/h3-6H,2,7-9H2,1H3. The van der Waals surface area contributed by atoms with Crippen LogP contribution in [0.25, 0.3) is 0 Å². The van der Waals surface area contributed by atoms with Crippen molar-refractivity contribution in [2.24, 2.45) is 0 Å². The van der Waals surface area contributed by atoms with E-state index in [1.54, 1.807) is 7.11 Å².